The molecule has 0 saturated carbocycles. The zero-order valence-electron chi connectivity index (χ0n) is 32.2. The summed E-state index contributed by atoms with van der Waals surface area (Å²) in [5.41, 5.74) is 0. The van der Waals surface area contributed by atoms with Crippen LogP contribution in [0.5, 0.6) is 0 Å². The number of carbonyl (C=O) groups excluding carboxylic acids is 2. The first-order valence-electron chi connectivity index (χ1n) is 20.7. The van der Waals surface area contributed by atoms with E-state index in [1.54, 1.807) is 0 Å². The number of hydrogen-bond acceptors (Lipinski definition) is 4. The molecule has 0 rings (SSSR count). The van der Waals surface area contributed by atoms with Gasteiger partial charge in [0.05, 0.1) is 12.8 Å². The molecule has 0 aliphatic rings. The molecule has 0 aliphatic heterocycles. The average molecular weight is 651 g/mol. The highest BCUT2D eigenvalue weighted by molar-refractivity contribution is 5.77. The van der Waals surface area contributed by atoms with E-state index in [1.807, 2.05) is 0 Å². The van der Waals surface area contributed by atoms with Crippen LogP contribution in [-0.4, -0.2) is 24.1 Å². The quantitative estimate of drug-likeness (QED) is 0.0506. The summed E-state index contributed by atoms with van der Waals surface area (Å²) in [5.74, 6) is 0.0589. The third-order valence-electron chi connectivity index (χ3n) is 9.77. The predicted octanol–water partition coefficient (Wildman–Crippen LogP) is 13.9. The lowest BCUT2D eigenvalue weighted by Crippen LogP contribution is -2.26. The summed E-state index contributed by atoms with van der Waals surface area (Å²) in [6.07, 6.45) is 36.7. The molecule has 0 amide bonds. The Balaban J connectivity index is 3.95. The molecule has 0 aromatic heterocycles. The fourth-order valence-corrected chi connectivity index (χ4v) is 6.44. The van der Waals surface area contributed by atoms with Gasteiger partial charge in [0.15, 0.2) is 0 Å². The number of rotatable bonds is 35. The Kier molecular flexibility index (Phi) is 33.0. The van der Waals surface area contributed by atoms with Crippen LogP contribution in [0.1, 0.15) is 234 Å². The van der Waals surface area contributed by atoms with Crippen molar-refractivity contribution in [2.24, 2.45) is 11.8 Å². The highest BCUT2D eigenvalue weighted by atomic mass is 16.6. The van der Waals surface area contributed by atoms with Gasteiger partial charge in [-0.3, -0.25) is 9.59 Å². The van der Waals surface area contributed by atoms with Crippen molar-refractivity contribution in [1.29, 1.82) is 0 Å². The first-order chi connectivity index (χ1) is 22.3. The van der Waals surface area contributed by atoms with Crippen LogP contribution >= 0.6 is 0 Å². The summed E-state index contributed by atoms with van der Waals surface area (Å²) in [7, 11) is 0. The van der Waals surface area contributed by atoms with E-state index in [0.29, 0.717) is 11.8 Å². The Hall–Kier alpha value is -1.06. The third kappa shape index (κ3) is 30.3. The van der Waals surface area contributed by atoms with Crippen LogP contribution in [0.15, 0.2) is 0 Å². The monoisotopic (exact) mass is 651 g/mol. The van der Waals surface area contributed by atoms with Crippen LogP contribution in [0.2, 0.25) is 0 Å². The molecular formula is C42H82O4. The molecule has 0 saturated heterocycles. The molecule has 0 radical (unpaired) electrons. The van der Waals surface area contributed by atoms with Crippen LogP contribution in [0.3, 0.4) is 0 Å². The van der Waals surface area contributed by atoms with E-state index in [2.05, 4.69) is 41.5 Å². The molecule has 274 valence electrons. The van der Waals surface area contributed by atoms with E-state index in [-0.39, 0.29) is 37.0 Å². The molecule has 4 nitrogen and oxygen atoms in total. The van der Waals surface area contributed by atoms with Crippen LogP contribution in [0, 0.1) is 11.8 Å². The van der Waals surface area contributed by atoms with Crippen LogP contribution in [0.25, 0.3) is 0 Å². The number of carbonyl (C=O) groups is 2. The highest BCUT2D eigenvalue weighted by Gasteiger charge is 2.21. The van der Waals surface area contributed by atoms with E-state index >= 15 is 0 Å². The largest absolute Gasteiger partial charge is 0.462 e. The van der Waals surface area contributed by atoms with Crippen molar-refractivity contribution in [2.45, 2.75) is 246 Å². The van der Waals surface area contributed by atoms with Gasteiger partial charge < -0.3 is 9.47 Å². The number of unbranched alkanes of at least 4 members (excludes halogenated alkanes) is 24. The summed E-state index contributed by atoms with van der Waals surface area (Å²) in [5, 5.41) is 0. The highest BCUT2D eigenvalue weighted by Crippen LogP contribution is 2.20. The van der Waals surface area contributed by atoms with Gasteiger partial charge in [-0.2, -0.15) is 0 Å². The average Bonchev–Trinajstić information content (AvgIpc) is 3.03. The van der Waals surface area contributed by atoms with Gasteiger partial charge in [0.1, 0.15) is 12.2 Å². The maximum Gasteiger partial charge on any atom is 0.306 e. The van der Waals surface area contributed by atoms with E-state index in [1.165, 1.54) is 154 Å². The van der Waals surface area contributed by atoms with E-state index in [4.69, 9.17) is 9.47 Å². The molecule has 0 bridgehead atoms. The molecule has 0 N–H and O–H groups in total. The Labute approximate surface area is 288 Å². The lowest BCUT2D eigenvalue weighted by atomic mass is 9.99. The van der Waals surface area contributed by atoms with Gasteiger partial charge in [0.2, 0.25) is 0 Å². The van der Waals surface area contributed by atoms with Gasteiger partial charge >= 0.3 is 11.9 Å². The minimum Gasteiger partial charge on any atom is -0.462 e. The Morgan fingerprint density at radius 2 is 0.587 bits per heavy atom. The van der Waals surface area contributed by atoms with Crippen LogP contribution in [-0.2, 0) is 19.1 Å². The Bertz CT molecular complexity index is 602. The molecule has 0 aromatic carbocycles. The van der Waals surface area contributed by atoms with Gasteiger partial charge in [-0.05, 0) is 37.5 Å². The lowest BCUT2D eigenvalue weighted by Gasteiger charge is -2.22. The summed E-state index contributed by atoms with van der Waals surface area (Å²) in [4.78, 5) is 25.2. The summed E-state index contributed by atoms with van der Waals surface area (Å²) >= 11 is 0. The normalized spacial score (nSPS) is 13.0. The van der Waals surface area contributed by atoms with Crippen molar-refractivity contribution in [3.05, 3.63) is 0 Å². The molecular weight excluding hydrogens is 568 g/mol. The van der Waals surface area contributed by atoms with Crippen molar-refractivity contribution >= 4 is 11.9 Å². The van der Waals surface area contributed by atoms with Gasteiger partial charge in [-0.15, -0.1) is 0 Å². The maximum absolute atomic E-state index is 12.6. The van der Waals surface area contributed by atoms with Crippen molar-refractivity contribution < 1.29 is 19.1 Å². The van der Waals surface area contributed by atoms with Gasteiger partial charge in [-0.1, -0.05) is 196 Å². The molecule has 0 aromatic rings. The first-order valence-corrected chi connectivity index (χ1v) is 20.7. The molecule has 2 atom stereocenters. The molecule has 4 heteroatoms. The van der Waals surface area contributed by atoms with Crippen molar-refractivity contribution in [1.82, 2.24) is 0 Å². The van der Waals surface area contributed by atoms with Gasteiger partial charge in [-0.25, -0.2) is 0 Å². The van der Waals surface area contributed by atoms with Gasteiger partial charge in [0, 0.05) is 0 Å². The Morgan fingerprint density at radius 3 is 0.804 bits per heavy atom. The summed E-state index contributed by atoms with van der Waals surface area (Å²) in [6, 6.07) is 0. The first kappa shape index (κ1) is 44.9. The third-order valence-corrected chi connectivity index (χ3v) is 9.77. The molecule has 46 heavy (non-hydrogen) atoms. The molecule has 0 aliphatic carbocycles. The number of ether oxygens (including phenoxy) is 2. The fourth-order valence-electron chi connectivity index (χ4n) is 6.44. The van der Waals surface area contributed by atoms with Crippen molar-refractivity contribution in [3.63, 3.8) is 0 Å². The molecule has 0 spiro atoms. The smallest absolute Gasteiger partial charge is 0.306 e. The second kappa shape index (κ2) is 33.8. The zero-order valence-corrected chi connectivity index (χ0v) is 32.2. The van der Waals surface area contributed by atoms with E-state index in [9.17, 15) is 9.59 Å². The van der Waals surface area contributed by atoms with Crippen LogP contribution < -0.4 is 0 Å². The molecule has 0 fully saturated rings. The minimum atomic E-state index is -0.261. The number of esters is 2. The van der Waals surface area contributed by atoms with E-state index in [0.717, 1.165) is 25.7 Å². The van der Waals surface area contributed by atoms with Crippen LogP contribution in [0.4, 0.5) is 0 Å². The second-order valence-corrected chi connectivity index (χ2v) is 15.1. The Morgan fingerprint density at radius 1 is 0.370 bits per heavy atom. The SMILES string of the molecule is CCCCCCCCCCCCCCCC(OC(=O)CCC(=O)OC(CCCCCCCCCCCCCCC)C(C)C)C(C)C. The molecule has 0 heterocycles. The summed E-state index contributed by atoms with van der Waals surface area (Å²) < 4.78 is 11.7. The summed E-state index contributed by atoms with van der Waals surface area (Å²) in [6.45, 7) is 13.0. The van der Waals surface area contributed by atoms with E-state index < -0.39 is 0 Å². The van der Waals surface area contributed by atoms with Crippen molar-refractivity contribution in [2.75, 3.05) is 0 Å². The maximum atomic E-state index is 12.6. The predicted molar refractivity (Wildman–Crippen MR) is 199 cm³/mol. The second-order valence-electron chi connectivity index (χ2n) is 15.1. The number of hydrogen-bond donors (Lipinski definition) is 0. The van der Waals surface area contributed by atoms with Crippen molar-refractivity contribution in [3.8, 4) is 0 Å². The topological polar surface area (TPSA) is 52.6 Å². The fraction of sp³-hybridized carbons (Fsp3) is 0.952. The standard InChI is InChI=1S/C42H82O4/c1-7-9-11-13-15-17-19-21-23-25-27-29-31-33-39(37(3)4)45-41(43)35-36-42(44)46-40(38(5)6)34-32-30-28-26-24-22-20-18-16-14-12-10-8-2/h37-40H,7-36H2,1-6H3. The lowest BCUT2D eigenvalue weighted by molar-refractivity contribution is -0.158. The minimum absolute atomic E-state index is 0.0600. The zero-order chi connectivity index (χ0) is 34.1. The van der Waals surface area contributed by atoms with Gasteiger partial charge in [0.25, 0.3) is 0 Å². The molecule has 2 unspecified atom stereocenters.